The SMILES string of the molecule is Cc1ccc(-n2ncc3c(C)nn(Cc4ccccc4Cl)c(=O)c32)cc1C. The second-order valence-corrected chi connectivity index (χ2v) is 7.13. The highest BCUT2D eigenvalue weighted by Gasteiger charge is 2.16. The van der Waals surface area contributed by atoms with Crippen molar-refractivity contribution < 1.29 is 0 Å². The van der Waals surface area contributed by atoms with Crippen molar-refractivity contribution >= 4 is 22.5 Å². The average molecular weight is 379 g/mol. The summed E-state index contributed by atoms with van der Waals surface area (Å²) in [5, 5.41) is 10.3. The third kappa shape index (κ3) is 3.04. The highest BCUT2D eigenvalue weighted by molar-refractivity contribution is 6.31. The summed E-state index contributed by atoms with van der Waals surface area (Å²) in [6.07, 6.45) is 1.70. The molecule has 2 aromatic heterocycles. The quantitative estimate of drug-likeness (QED) is 0.536. The van der Waals surface area contributed by atoms with Gasteiger partial charge in [0.2, 0.25) is 0 Å². The number of fused-ring (bicyclic) bond motifs is 1. The van der Waals surface area contributed by atoms with Crippen LogP contribution < -0.4 is 5.56 Å². The van der Waals surface area contributed by atoms with Crippen LogP contribution in [0.2, 0.25) is 5.02 Å². The molecular formula is C21H19ClN4O. The summed E-state index contributed by atoms with van der Waals surface area (Å²) in [5.74, 6) is 0. The Morgan fingerprint density at radius 2 is 1.81 bits per heavy atom. The zero-order valence-electron chi connectivity index (χ0n) is 15.4. The van der Waals surface area contributed by atoms with E-state index in [1.807, 2.05) is 56.3 Å². The van der Waals surface area contributed by atoms with E-state index < -0.39 is 0 Å². The normalized spacial score (nSPS) is 11.3. The average Bonchev–Trinajstić information content (AvgIpc) is 3.09. The van der Waals surface area contributed by atoms with E-state index in [1.165, 1.54) is 10.2 Å². The molecule has 4 aromatic rings. The van der Waals surface area contributed by atoms with Crippen LogP contribution in [0.3, 0.4) is 0 Å². The maximum atomic E-state index is 13.2. The van der Waals surface area contributed by atoms with Crippen LogP contribution in [-0.4, -0.2) is 19.6 Å². The van der Waals surface area contributed by atoms with Crippen LogP contribution in [0.25, 0.3) is 16.6 Å². The van der Waals surface area contributed by atoms with E-state index >= 15 is 0 Å². The molecule has 0 aliphatic carbocycles. The van der Waals surface area contributed by atoms with Crippen LogP contribution >= 0.6 is 11.6 Å². The molecule has 6 heteroatoms. The Morgan fingerprint density at radius 3 is 2.56 bits per heavy atom. The van der Waals surface area contributed by atoms with Gasteiger partial charge in [-0.3, -0.25) is 4.79 Å². The number of nitrogens with zero attached hydrogens (tertiary/aromatic N) is 4. The highest BCUT2D eigenvalue weighted by atomic mass is 35.5. The molecule has 0 aliphatic rings. The van der Waals surface area contributed by atoms with E-state index in [1.54, 1.807) is 10.9 Å². The van der Waals surface area contributed by atoms with Gasteiger partial charge in [0.1, 0.15) is 5.52 Å². The van der Waals surface area contributed by atoms with Gasteiger partial charge < -0.3 is 0 Å². The van der Waals surface area contributed by atoms with Gasteiger partial charge >= 0.3 is 0 Å². The molecular weight excluding hydrogens is 360 g/mol. The number of benzene rings is 2. The van der Waals surface area contributed by atoms with Crippen LogP contribution in [0.4, 0.5) is 0 Å². The predicted octanol–water partition coefficient (Wildman–Crippen LogP) is 4.21. The van der Waals surface area contributed by atoms with Crippen molar-refractivity contribution in [3.05, 3.63) is 86.4 Å². The second kappa shape index (κ2) is 6.67. The molecule has 0 N–H and O–H groups in total. The smallest absolute Gasteiger partial charge is 0.265 e. The van der Waals surface area contributed by atoms with Gasteiger partial charge in [0.05, 0.1) is 24.1 Å². The van der Waals surface area contributed by atoms with Gasteiger partial charge in [-0.1, -0.05) is 35.9 Å². The van der Waals surface area contributed by atoms with E-state index in [-0.39, 0.29) is 5.56 Å². The lowest BCUT2D eigenvalue weighted by Gasteiger charge is -2.10. The van der Waals surface area contributed by atoms with Crippen molar-refractivity contribution in [3.8, 4) is 5.69 Å². The molecule has 27 heavy (non-hydrogen) atoms. The summed E-state index contributed by atoms with van der Waals surface area (Å²) in [6.45, 7) is 6.31. The Balaban J connectivity index is 1.91. The van der Waals surface area contributed by atoms with Crippen molar-refractivity contribution in [3.63, 3.8) is 0 Å². The third-order valence-electron chi connectivity index (χ3n) is 4.88. The first-order valence-corrected chi connectivity index (χ1v) is 9.10. The van der Waals surface area contributed by atoms with E-state index in [2.05, 4.69) is 17.1 Å². The topological polar surface area (TPSA) is 52.7 Å². The molecule has 0 spiro atoms. The fourth-order valence-electron chi connectivity index (χ4n) is 3.17. The predicted molar refractivity (Wildman–Crippen MR) is 108 cm³/mol. The lowest BCUT2D eigenvalue weighted by atomic mass is 10.1. The van der Waals surface area contributed by atoms with Gasteiger partial charge in [-0.15, -0.1) is 0 Å². The van der Waals surface area contributed by atoms with Crippen LogP contribution in [0.15, 0.2) is 53.5 Å². The Morgan fingerprint density at radius 1 is 1.04 bits per heavy atom. The van der Waals surface area contributed by atoms with Crippen LogP contribution in [0.1, 0.15) is 22.4 Å². The monoisotopic (exact) mass is 378 g/mol. The number of hydrogen-bond acceptors (Lipinski definition) is 3. The molecule has 2 aromatic carbocycles. The first-order chi connectivity index (χ1) is 13.0. The molecule has 0 atom stereocenters. The fourth-order valence-corrected chi connectivity index (χ4v) is 3.37. The van der Waals surface area contributed by atoms with Crippen molar-refractivity contribution in [2.75, 3.05) is 0 Å². The summed E-state index contributed by atoms with van der Waals surface area (Å²) in [5.41, 5.74) is 5.16. The van der Waals surface area contributed by atoms with Crippen molar-refractivity contribution in [1.29, 1.82) is 0 Å². The van der Waals surface area contributed by atoms with E-state index in [9.17, 15) is 4.79 Å². The van der Waals surface area contributed by atoms with Gasteiger partial charge in [0, 0.05) is 10.4 Å². The van der Waals surface area contributed by atoms with Crippen LogP contribution in [-0.2, 0) is 6.54 Å². The summed E-state index contributed by atoms with van der Waals surface area (Å²) >= 11 is 6.26. The summed E-state index contributed by atoms with van der Waals surface area (Å²) in [6, 6.07) is 13.5. The van der Waals surface area contributed by atoms with E-state index in [4.69, 9.17) is 11.6 Å². The molecule has 0 saturated heterocycles. The standard InChI is InChI=1S/C21H19ClN4O/c1-13-8-9-17(10-14(13)2)26-20-18(11-23-26)15(3)24-25(21(20)27)12-16-6-4-5-7-19(16)22/h4-11H,12H2,1-3H3. The number of aromatic nitrogens is 4. The van der Waals surface area contributed by atoms with Gasteiger partial charge in [0.15, 0.2) is 0 Å². The number of rotatable bonds is 3. The Labute approximate surface area is 161 Å². The van der Waals surface area contributed by atoms with Crippen molar-refractivity contribution in [1.82, 2.24) is 19.6 Å². The summed E-state index contributed by atoms with van der Waals surface area (Å²) in [7, 11) is 0. The first-order valence-electron chi connectivity index (χ1n) is 8.72. The molecule has 4 rings (SSSR count). The maximum Gasteiger partial charge on any atom is 0.293 e. The molecule has 0 fully saturated rings. The lowest BCUT2D eigenvalue weighted by molar-refractivity contribution is 0.635. The molecule has 0 amide bonds. The molecule has 0 radical (unpaired) electrons. The van der Waals surface area contributed by atoms with Gasteiger partial charge in [-0.2, -0.15) is 10.2 Å². The van der Waals surface area contributed by atoms with Crippen molar-refractivity contribution in [2.24, 2.45) is 0 Å². The largest absolute Gasteiger partial charge is 0.293 e. The van der Waals surface area contributed by atoms with Gasteiger partial charge in [0.25, 0.3) is 5.56 Å². The molecule has 0 saturated carbocycles. The maximum absolute atomic E-state index is 13.2. The highest BCUT2D eigenvalue weighted by Crippen LogP contribution is 2.20. The van der Waals surface area contributed by atoms with Crippen LogP contribution in [0, 0.1) is 20.8 Å². The van der Waals surface area contributed by atoms with Gasteiger partial charge in [-0.05, 0) is 55.7 Å². The van der Waals surface area contributed by atoms with Crippen LogP contribution in [0.5, 0.6) is 0 Å². The Kier molecular flexibility index (Phi) is 4.32. The minimum absolute atomic E-state index is 0.189. The van der Waals surface area contributed by atoms with Gasteiger partial charge in [-0.25, -0.2) is 9.36 Å². The van der Waals surface area contributed by atoms with E-state index in [0.29, 0.717) is 17.1 Å². The molecule has 136 valence electrons. The Hall–Kier alpha value is -2.92. The molecule has 5 nitrogen and oxygen atoms in total. The van der Waals surface area contributed by atoms with Crippen molar-refractivity contribution in [2.45, 2.75) is 27.3 Å². The number of hydrogen-bond donors (Lipinski definition) is 0. The molecule has 0 unspecified atom stereocenters. The second-order valence-electron chi connectivity index (χ2n) is 6.73. The minimum atomic E-state index is -0.189. The number of halogens is 1. The zero-order valence-corrected chi connectivity index (χ0v) is 16.2. The van der Waals surface area contributed by atoms with E-state index in [0.717, 1.165) is 27.9 Å². The summed E-state index contributed by atoms with van der Waals surface area (Å²) < 4.78 is 3.15. The minimum Gasteiger partial charge on any atom is -0.265 e. The molecule has 0 bridgehead atoms. The zero-order chi connectivity index (χ0) is 19.1. The number of aryl methyl sites for hydroxylation is 3. The molecule has 0 aliphatic heterocycles. The lowest BCUT2D eigenvalue weighted by Crippen LogP contribution is -2.26. The fraction of sp³-hybridized carbons (Fsp3) is 0.190. The molecule has 2 heterocycles. The first kappa shape index (κ1) is 17.5. The Bertz CT molecular complexity index is 1220. The summed E-state index contributed by atoms with van der Waals surface area (Å²) in [4.78, 5) is 13.2. The third-order valence-corrected chi connectivity index (χ3v) is 5.25.